The number of carboxylic acids is 1. The molecule has 5 nitrogen and oxygen atoms in total. The average molecular weight is 299 g/mol. The number of carboxylic acid groups (broad SMARTS) is 1. The molecule has 0 bridgehead atoms. The van der Waals surface area contributed by atoms with Gasteiger partial charge in [-0.3, -0.25) is 0 Å². The van der Waals surface area contributed by atoms with Gasteiger partial charge in [-0.25, -0.2) is 9.80 Å². The third kappa shape index (κ3) is 1.94. The van der Waals surface area contributed by atoms with Crippen LogP contribution in [-0.2, 0) is 4.79 Å². The molecular formula is C11H11BrN2O3. The van der Waals surface area contributed by atoms with Crippen molar-refractivity contribution in [1.29, 1.82) is 0 Å². The van der Waals surface area contributed by atoms with Gasteiger partial charge in [0.15, 0.2) is 0 Å². The van der Waals surface area contributed by atoms with E-state index < -0.39 is 11.7 Å². The number of benzene rings is 1. The predicted molar refractivity (Wildman–Crippen MR) is 66.9 cm³/mol. The van der Waals surface area contributed by atoms with Crippen LogP contribution in [0.2, 0.25) is 0 Å². The first-order valence-electron chi connectivity index (χ1n) is 5.00. The SMILES string of the molecule is CC1=NN(c2ccccc2Br)C(O)(C(=O)O)C1. The zero-order valence-corrected chi connectivity index (χ0v) is 10.7. The molecule has 1 aromatic carbocycles. The van der Waals surface area contributed by atoms with Crippen LogP contribution in [0, 0.1) is 0 Å². The Labute approximate surface area is 106 Å². The van der Waals surface area contributed by atoms with Crippen LogP contribution in [0.3, 0.4) is 0 Å². The number of nitrogens with zero attached hydrogens (tertiary/aromatic N) is 2. The molecule has 17 heavy (non-hydrogen) atoms. The third-order valence-electron chi connectivity index (χ3n) is 2.55. The van der Waals surface area contributed by atoms with Crippen molar-refractivity contribution in [2.45, 2.75) is 19.1 Å². The maximum absolute atomic E-state index is 11.2. The lowest BCUT2D eigenvalue weighted by Crippen LogP contribution is -2.50. The highest BCUT2D eigenvalue weighted by Gasteiger charge is 2.48. The molecule has 1 atom stereocenters. The van der Waals surface area contributed by atoms with E-state index in [0.717, 1.165) is 5.01 Å². The fourth-order valence-electron chi connectivity index (χ4n) is 1.76. The number of para-hydroxylation sites is 1. The fraction of sp³-hybridized carbons (Fsp3) is 0.273. The van der Waals surface area contributed by atoms with Crippen LogP contribution in [0.25, 0.3) is 0 Å². The number of hydrazone groups is 1. The molecule has 1 aliphatic heterocycles. The molecule has 0 fully saturated rings. The Morgan fingerprint density at radius 2 is 2.18 bits per heavy atom. The van der Waals surface area contributed by atoms with Crippen molar-refractivity contribution < 1.29 is 15.0 Å². The lowest BCUT2D eigenvalue weighted by molar-refractivity contribution is -0.157. The summed E-state index contributed by atoms with van der Waals surface area (Å²) in [5.41, 5.74) is -0.909. The van der Waals surface area contributed by atoms with Gasteiger partial charge >= 0.3 is 5.97 Å². The number of aliphatic carboxylic acids is 1. The van der Waals surface area contributed by atoms with Crippen molar-refractivity contribution in [2.75, 3.05) is 5.01 Å². The van der Waals surface area contributed by atoms with Gasteiger partial charge in [0, 0.05) is 16.6 Å². The number of hydrogen-bond acceptors (Lipinski definition) is 4. The molecule has 2 rings (SSSR count). The smallest absolute Gasteiger partial charge is 0.359 e. The zero-order valence-electron chi connectivity index (χ0n) is 9.09. The van der Waals surface area contributed by atoms with Crippen molar-refractivity contribution in [3.63, 3.8) is 0 Å². The highest BCUT2D eigenvalue weighted by Crippen LogP contribution is 2.35. The number of halogens is 1. The minimum absolute atomic E-state index is 0.0103. The highest BCUT2D eigenvalue weighted by molar-refractivity contribution is 9.10. The van der Waals surface area contributed by atoms with Gasteiger partial charge < -0.3 is 10.2 Å². The molecule has 1 unspecified atom stereocenters. The Morgan fingerprint density at radius 3 is 2.76 bits per heavy atom. The van der Waals surface area contributed by atoms with Gasteiger partial charge in [-0.15, -0.1) is 0 Å². The van der Waals surface area contributed by atoms with Crippen molar-refractivity contribution in [3.05, 3.63) is 28.7 Å². The highest BCUT2D eigenvalue weighted by atomic mass is 79.9. The van der Waals surface area contributed by atoms with Crippen LogP contribution in [0.5, 0.6) is 0 Å². The van der Waals surface area contributed by atoms with Crippen molar-refractivity contribution >= 4 is 33.3 Å². The number of aliphatic hydroxyl groups is 1. The Hall–Kier alpha value is -1.40. The average Bonchev–Trinajstić information content (AvgIpc) is 2.56. The van der Waals surface area contributed by atoms with E-state index >= 15 is 0 Å². The molecule has 0 radical (unpaired) electrons. The second-order valence-electron chi connectivity index (χ2n) is 3.90. The molecule has 0 aromatic heterocycles. The molecule has 0 saturated heterocycles. The molecule has 1 aromatic rings. The van der Waals surface area contributed by atoms with Crippen LogP contribution in [0.1, 0.15) is 13.3 Å². The van der Waals surface area contributed by atoms with Gasteiger partial charge in [-0.05, 0) is 35.0 Å². The molecule has 1 aliphatic rings. The molecule has 90 valence electrons. The summed E-state index contributed by atoms with van der Waals surface area (Å²) < 4.78 is 0.679. The lowest BCUT2D eigenvalue weighted by atomic mass is 10.1. The summed E-state index contributed by atoms with van der Waals surface area (Å²) in [5, 5.41) is 24.5. The summed E-state index contributed by atoms with van der Waals surface area (Å²) in [7, 11) is 0. The lowest BCUT2D eigenvalue weighted by Gasteiger charge is -2.29. The first kappa shape index (κ1) is 12.1. The number of rotatable bonds is 2. The van der Waals surface area contributed by atoms with Gasteiger partial charge in [-0.2, -0.15) is 5.10 Å². The van der Waals surface area contributed by atoms with E-state index in [1.807, 2.05) is 0 Å². The number of anilines is 1. The van der Waals surface area contributed by atoms with E-state index in [9.17, 15) is 9.90 Å². The second-order valence-corrected chi connectivity index (χ2v) is 4.75. The molecule has 0 spiro atoms. The quantitative estimate of drug-likeness (QED) is 0.873. The van der Waals surface area contributed by atoms with E-state index in [1.165, 1.54) is 0 Å². The van der Waals surface area contributed by atoms with Crippen LogP contribution >= 0.6 is 15.9 Å². The Balaban J connectivity index is 2.50. The minimum Gasteiger partial charge on any atom is -0.478 e. The van der Waals surface area contributed by atoms with E-state index in [4.69, 9.17) is 5.11 Å². The van der Waals surface area contributed by atoms with E-state index in [0.29, 0.717) is 15.9 Å². The molecule has 0 saturated carbocycles. The molecule has 2 N–H and O–H groups in total. The molecule has 0 aliphatic carbocycles. The Bertz CT molecular complexity index is 503. The first-order chi connectivity index (χ1) is 7.95. The maximum atomic E-state index is 11.2. The molecular weight excluding hydrogens is 288 g/mol. The maximum Gasteiger partial charge on any atom is 0.359 e. The number of carbonyl (C=O) groups is 1. The van der Waals surface area contributed by atoms with Gasteiger partial charge in [-0.1, -0.05) is 12.1 Å². The fourth-order valence-corrected chi connectivity index (χ4v) is 2.22. The van der Waals surface area contributed by atoms with Crippen LogP contribution in [0.4, 0.5) is 5.69 Å². The van der Waals surface area contributed by atoms with E-state index in [1.54, 1.807) is 31.2 Å². The summed E-state index contributed by atoms with van der Waals surface area (Å²) >= 11 is 3.31. The Kier molecular flexibility index (Phi) is 2.92. The summed E-state index contributed by atoms with van der Waals surface area (Å²) in [5.74, 6) is -1.31. The van der Waals surface area contributed by atoms with Crippen molar-refractivity contribution in [1.82, 2.24) is 0 Å². The zero-order chi connectivity index (χ0) is 12.6. The summed E-state index contributed by atoms with van der Waals surface area (Å²) in [6.45, 7) is 1.69. The first-order valence-corrected chi connectivity index (χ1v) is 5.79. The van der Waals surface area contributed by atoms with Crippen LogP contribution in [-0.4, -0.2) is 27.6 Å². The van der Waals surface area contributed by atoms with Gasteiger partial charge in [0.1, 0.15) is 0 Å². The molecule has 6 heteroatoms. The molecule has 1 heterocycles. The second kappa shape index (κ2) is 4.12. The van der Waals surface area contributed by atoms with Gasteiger partial charge in [0.05, 0.1) is 5.69 Å². The number of hydrogen-bond donors (Lipinski definition) is 2. The summed E-state index contributed by atoms with van der Waals surface area (Å²) in [6.07, 6.45) is -0.0103. The third-order valence-corrected chi connectivity index (χ3v) is 3.22. The Morgan fingerprint density at radius 1 is 1.53 bits per heavy atom. The minimum atomic E-state index is -2.01. The summed E-state index contributed by atoms with van der Waals surface area (Å²) in [6, 6.07) is 7.02. The van der Waals surface area contributed by atoms with Gasteiger partial charge in [0.25, 0.3) is 5.72 Å². The summed E-state index contributed by atoms with van der Waals surface area (Å²) in [4.78, 5) is 11.2. The predicted octanol–water partition coefficient (Wildman–Crippen LogP) is 1.81. The topological polar surface area (TPSA) is 73.1 Å². The standard InChI is InChI=1S/C11H11BrN2O3/c1-7-6-11(17,10(15)16)14(13-7)9-5-3-2-4-8(9)12/h2-5,17H,6H2,1H3,(H,15,16). The van der Waals surface area contributed by atoms with Crippen molar-refractivity contribution in [2.24, 2.45) is 5.10 Å². The van der Waals surface area contributed by atoms with Crippen LogP contribution < -0.4 is 5.01 Å². The van der Waals surface area contributed by atoms with E-state index in [2.05, 4.69) is 21.0 Å². The monoisotopic (exact) mass is 298 g/mol. The molecule has 0 amide bonds. The van der Waals surface area contributed by atoms with Crippen molar-refractivity contribution in [3.8, 4) is 0 Å². The normalized spacial score (nSPS) is 23.7. The largest absolute Gasteiger partial charge is 0.478 e. The van der Waals surface area contributed by atoms with Crippen LogP contribution in [0.15, 0.2) is 33.8 Å². The van der Waals surface area contributed by atoms with E-state index in [-0.39, 0.29) is 6.42 Å². The van der Waals surface area contributed by atoms with Gasteiger partial charge in [0.2, 0.25) is 0 Å².